The minimum atomic E-state index is 0.709. The molecule has 0 bridgehead atoms. The third kappa shape index (κ3) is 2.92. The number of benzene rings is 2. The van der Waals surface area contributed by atoms with E-state index in [-0.39, 0.29) is 0 Å². The molecule has 0 amide bonds. The largest absolute Gasteiger partial charge is 0.421 e. The third-order valence-corrected chi connectivity index (χ3v) is 2.58. The number of hydrogen-bond donors (Lipinski definition) is 1. The number of nitrogens with two attached hydrogens (primary N) is 1. The van der Waals surface area contributed by atoms with Gasteiger partial charge in [-0.2, -0.15) is 0 Å². The molecule has 0 saturated heterocycles. The first-order valence-electron chi connectivity index (χ1n) is 4.60. The van der Waals surface area contributed by atoms with Gasteiger partial charge >= 0.3 is 0 Å². The van der Waals surface area contributed by atoms with Crippen LogP contribution >= 0.6 is 12.0 Å². The molecule has 3 heteroatoms. The molecule has 2 aromatic carbocycles. The maximum atomic E-state index is 5.64. The molecule has 0 fully saturated rings. The summed E-state index contributed by atoms with van der Waals surface area (Å²) in [5, 5.41) is 0. The second-order valence-electron chi connectivity index (χ2n) is 3.05. The highest BCUT2D eigenvalue weighted by atomic mass is 32.2. The van der Waals surface area contributed by atoms with Gasteiger partial charge in [-0.3, -0.25) is 0 Å². The summed E-state index contributed by atoms with van der Waals surface area (Å²) in [5.74, 6) is 0.767. The molecule has 76 valence electrons. The van der Waals surface area contributed by atoms with Crippen molar-refractivity contribution in [2.24, 2.45) is 0 Å². The number of hydrogen-bond acceptors (Lipinski definition) is 3. The van der Waals surface area contributed by atoms with E-state index in [1.165, 1.54) is 12.0 Å². The first kappa shape index (κ1) is 9.93. The first-order chi connectivity index (χ1) is 7.34. The Morgan fingerprint density at radius 1 is 0.933 bits per heavy atom. The summed E-state index contributed by atoms with van der Waals surface area (Å²) in [5.41, 5.74) is 6.35. The van der Waals surface area contributed by atoms with E-state index < -0.39 is 0 Å². The van der Waals surface area contributed by atoms with E-state index >= 15 is 0 Å². The second kappa shape index (κ2) is 4.75. The second-order valence-corrected chi connectivity index (χ2v) is 3.86. The van der Waals surface area contributed by atoms with Crippen molar-refractivity contribution >= 4 is 17.7 Å². The minimum Gasteiger partial charge on any atom is -0.421 e. The third-order valence-electron chi connectivity index (χ3n) is 1.84. The average molecular weight is 217 g/mol. The Morgan fingerprint density at radius 3 is 2.47 bits per heavy atom. The summed E-state index contributed by atoms with van der Waals surface area (Å²) >= 11 is 1.33. The van der Waals surface area contributed by atoms with E-state index in [1.54, 1.807) is 6.07 Å². The lowest BCUT2D eigenvalue weighted by Gasteiger charge is -2.03. The van der Waals surface area contributed by atoms with Gasteiger partial charge in [0.05, 0.1) is 12.0 Å². The van der Waals surface area contributed by atoms with E-state index in [1.807, 2.05) is 48.5 Å². The molecule has 0 radical (unpaired) electrons. The fourth-order valence-corrected chi connectivity index (χ4v) is 1.70. The summed E-state index contributed by atoms with van der Waals surface area (Å²) < 4.78 is 5.51. The molecule has 2 aromatic rings. The van der Waals surface area contributed by atoms with Gasteiger partial charge in [0.1, 0.15) is 5.75 Å². The van der Waals surface area contributed by atoms with Crippen LogP contribution in [0.2, 0.25) is 0 Å². The maximum absolute atomic E-state index is 5.64. The first-order valence-corrected chi connectivity index (χ1v) is 5.34. The highest BCUT2D eigenvalue weighted by molar-refractivity contribution is 7.95. The minimum absolute atomic E-state index is 0.709. The zero-order chi connectivity index (χ0) is 10.5. The van der Waals surface area contributed by atoms with Crippen LogP contribution in [0.15, 0.2) is 59.5 Å². The highest BCUT2D eigenvalue weighted by Crippen LogP contribution is 2.24. The predicted molar refractivity (Wildman–Crippen MR) is 63.8 cm³/mol. The molecule has 0 aliphatic carbocycles. The van der Waals surface area contributed by atoms with Crippen LogP contribution in [-0.4, -0.2) is 0 Å². The lowest BCUT2D eigenvalue weighted by molar-refractivity contribution is 0.646. The van der Waals surface area contributed by atoms with Gasteiger partial charge in [-0.1, -0.05) is 24.3 Å². The Balaban J connectivity index is 1.99. The van der Waals surface area contributed by atoms with Gasteiger partial charge in [-0.15, -0.1) is 0 Å². The van der Waals surface area contributed by atoms with Crippen LogP contribution in [0, 0.1) is 0 Å². The SMILES string of the molecule is Nc1cccc(OSc2ccccc2)c1. The van der Waals surface area contributed by atoms with E-state index in [0.29, 0.717) is 5.69 Å². The standard InChI is InChI=1S/C12H11NOS/c13-10-5-4-6-11(9-10)14-15-12-7-2-1-3-8-12/h1-9H,13H2. The predicted octanol–water partition coefficient (Wildman–Crippen LogP) is 3.35. The fourth-order valence-electron chi connectivity index (χ4n) is 1.14. The van der Waals surface area contributed by atoms with Crippen molar-refractivity contribution in [3.63, 3.8) is 0 Å². The fraction of sp³-hybridized carbons (Fsp3) is 0. The number of rotatable bonds is 3. The molecule has 2 nitrogen and oxygen atoms in total. The molecule has 15 heavy (non-hydrogen) atoms. The van der Waals surface area contributed by atoms with E-state index in [9.17, 15) is 0 Å². The lowest BCUT2D eigenvalue weighted by atomic mass is 10.3. The van der Waals surface area contributed by atoms with Gasteiger partial charge in [-0.05, 0) is 24.3 Å². The summed E-state index contributed by atoms with van der Waals surface area (Å²) in [6, 6.07) is 17.3. The lowest BCUT2D eigenvalue weighted by Crippen LogP contribution is -1.86. The smallest absolute Gasteiger partial charge is 0.139 e. The van der Waals surface area contributed by atoms with Crippen molar-refractivity contribution in [1.82, 2.24) is 0 Å². The van der Waals surface area contributed by atoms with Crippen LogP contribution in [0.4, 0.5) is 5.69 Å². The normalized spacial score (nSPS) is 9.87. The van der Waals surface area contributed by atoms with Gasteiger partial charge < -0.3 is 9.92 Å². The van der Waals surface area contributed by atoms with Crippen LogP contribution in [-0.2, 0) is 0 Å². The zero-order valence-corrected chi connectivity index (χ0v) is 8.91. The topological polar surface area (TPSA) is 35.2 Å². The molecule has 0 aliphatic heterocycles. The Kier molecular flexibility index (Phi) is 3.15. The molecule has 2 N–H and O–H groups in total. The summed E-state index contributed by atoms with van der Waals surface area (Å²) in [4.78, 5) is 1.07. The Labute approximate surface area is 93.3 Å². The molecule has 0 spiro atoms. The maximum Gasteiger partial charge on any atom is 0.139 e. The monoisotopic (exact) mass is 217 g/mol. The molecule has 0 aromatic heterocycles. The summed E-state index contributed by atoms with van der Waals surface area (Å²) in [6.07, 6.45) is 0. The molecule has 0 unspecified atom stereocenters. The van der Waals surface area contributed by atoms with Crippen LogP contribution in [0.25, 0.3) is 0 Å². The highest BCUT2D eigenvalue weighted by Gasteiger charge is 1.96. The van der Waals surface area contributed by atoms with E-state index in [0.717, 1.165) is 10.6 Å². The van der Waals surface area contributed by atoms with E-state index in [2.05, 4.69) is 0 Å². The molecule has 0 saturated carbocycles. The molecule has 0 atom stereocenters. The van der Waals surface area contributed by atoms with Crippen molar-refractivity contribution in [2.45, 2.75) is 4.90 Å². The summed E-state index contributed by atoms with van der Waals surface area (Å²) in [6.45, 7) is 0. The average Bonchev–Trinajstić information content (AvgIpc) is 2.28. The van der Waals surface area contributed by atoms with Crippen LogP contribution in [0.5, 0.6) is 5.75 Å². The van der Waals surface area contributed by atoms with Crippen molar-refractivity contribution in [3.05, 3.63) is 54.6 Å². The molecule has 0 aliphatic rings. The molecular formula is C12H11NOS. The van der Waals surface area contributed by atoms with Crippen LogP contribution < -0.4 is 9.92 Å². The molecular weight excluding hydrogens is 206 g/mol. The van der Waals surface area contributed by atoms with Gasteiger partial charge in [0.25, 0.3) is 0 Å². The Morgan fingerprint density at radius 2 is 1.73 bits per heavy atom. The van der Waals surface area contributed by atoms with Gasteiger partial charge in [0.15, 0.2) is 0 Å². The molecule has 2 rings (SSSR count). The molecule has 0 heterocycles. The summed E-state index contributed by atoms with van der Waals surface area (Å²) in [7, 11) is 0. The van der Waals surface area contributed by atoms with Gasteiger partial charge in [-0.25, -0.2) is 0 Å². The van der Waals surface area contributed by atoms with Gasteiger partial charge in [0.2, 0.25) is 0 Å². The quantitative estimate of drug-likeness (QED) is 0.632. The van der Waals surface area contributed by atoms with Crippen molar-refractivity contribution in [3.8, 4) is 5.75 Å². The van der Waals surface area contributed by atoms with Crippen molar-refractivity contribution < 1.29 is 4.18 Å². The zero-order valence-electron chi connectivity index (χ0n) is 8.09. The Hall–Kier alpha value is -1.61. The Bertz CT molecular complexity index is 431. The number of anilines is 1. The van der Waals surface area contributed by atoms with Crippen molar-refractivity contribution in [2.75, 3.05) is 5.73 Å². The van der Waals surface area contributed by atoms with E-state index in [4.69, 9.17) is 9.92 Å². The van der Waals surface area contributed by atoms with Crippen LogP contribution in [0.1, 0.15) is 0 Å². The van der Waals surface area contributed by atoms with Crippen LogP contribution in [0.3, 0.4) is 0 Å². The van der Waals surface area contributed by atoms with Crippen molar-refractivity contribution in [1.29, 1.82) is 0 Å². The van der Waals surface area contributed by atoms with Gasteiger partial charge in [0, 0.05) is 16.6 Å². The number of nitrogen functional groups attached to an aromatic ring is 1.